The fraction of sp³-hybridized carbons (Fsp3) is 0.533. The van der Waals surface area contributed by atoms with Gasteiger partial charge in [-0.15, -0.1) is 24.0 Å². The maximum Gasteiger partial charge on any atom is 0.211 e. The number of guanidine groups is 1. The van der Waals surface area contributed by atoms with Crippen molar-refractivity contribution in [3.8, 4) is 0 Å². The Morgan fingerprint density at radius 2 is 1.87 bits per heavy atom. The Labute approximate surface area is 156 Å². The first-order valence-corrected chi connectivity index (χ1v) is 9.06. The lowest BCUT2D eigenvalue weighted by atomic mass is 10.2. The van der Waals surface area contributed by atoms with Crippen molar-refractivity contribution in [2.45, 2.75) is 19.9 Å². The van der Waals surface area contributed by atoms with Crippen molar-refractivity contribution in [1.29, 1.82) is 0 Å². The number of hydrogen-bond acceptors (Lipinski definition) is 3. The lowest BCUT2D eigenvalue weighted by Gasteiger charge is -2.22. The number of benzene rings is 1. The second-order valence-corrected chi connectivity index (χ2v) is 7.06. The van der Waals surface area contributed by atoms with Crippen molar-refractivity contribution < 1.29 is 8.42 Å². The molecular weight excluding hydrogens is 427 g/mol. The smallest absolute Gasteiger partial charge is 0.211 e. The zero-order chi connectivity index (χ0) is 16.4. The normalized spacial score (nSPS) is 11.7. The molecule has 0 aromatic heterocycles. The number of rotatable bonds is 8. The van der Waals surface area contributed by atoms with Crippen LogP contribution >= 0.6 is 24.0 Å². The minimum Gasteiger partial charge on any atom is -0.356 e. The lowest BCUT2D eigenvalue weighted by Crippen LogP contribution is -2.39. The first-order chi connectivity index (χ1) is 10.5. The van der Waals surface area contributed by atoms with Gasteiger partial charge in [0, 0.05) is 33.7 Å². The molecule has 0 aliphatic rings. The van der Waals surface area contributed by atoms with E-state index >= 15 is 0 Å². The molecule has 0 aliphatic heterocycles. The van der Waals surface area contributed by atoms with Gasteiger partial charge in [0.2, 0.25) is 10.0 Å². The largest absolute Gasteiger partial charge is 0.356 e. The summed E-state index contributed by atoms with van der Waals surface area (Å²) in [7, 11) is 0.613. The molecule has 0 amide bonds. The van der Waals surface area contributed by atoms with E-state index in [4.69, 9.17) is 0 Å². The molecule has 0 aliphatic carbocycles. The van der Waals surface area contributed by atoms with Crippen LogP contribution in [0.5, 0.6) is 0 Å². The summed E-state index contributed by atoms with van der Waals surface area (Å²) in [5.74, 6) is 0.907. The first-order valence-electron chi connectivity index (χ1n) is 7.41. The monoisotopic (exact) mass is 454 g/mol. The molecule has 0 unspecified atom stereocenters. The summed E-state index contributed by atoms with van der Waals surface area (Å²) < 4.78 is 25.1. The average Bonchev–Trinajstić information content (AvgIpc) is 2.51. The summed E-state index contributed by atoms with van der Waals surface area (Å²) in [4.78, 5) is 6.27. The number of nitrogens with zero attached hydrogens (tertiary/aromatic N) is 2. The molecule has 0 atom stereocenters. The van der Waals surface area contributed by atoms with Crippen LogP contribution in [0.2, 0.25) is 0 Å². The Kier molecular flexibility index (Phi) is 11.2. The van der Waals surface area contributed by atoms with Gasteiger partial charge in [-0.05, 0) is 18.9 Å². The Balaban J connectivity index is 0.00000484. The zero-order valence-electron chi connectivity index (χ0n) is 13.9. The summed E-state index contributed by atoms with van der Waals surface area (Å²) in [5, 5.41) is 3.23. The van der Waals surface area contributed by atoms with E-state index in [0.29, 0.717) is 19.5 Å². The summed E-state index contributed by atoms with van der Waals surface area (Å²) in [6, 6.07) is 10.2. The Morgan fingerprint density at radius 3 is 2.43 bits per heavy atom. The minimum atomic E-state index is -3.10. The van der Waals surface area contributed by atoms with Crippen LogP contribution in [-0.2, 0) is 16.6 Å². The minimum absolute atomic E-state index is 0. The van der Waals surface area contributed by atoms with Gasteiger partial charge in [0.15, 0.2) is 5.96 Å². The molecule has 1 aromatic carbocycles. The summed E-state index contributed by atoms with van der Waals surface area (Å²) >= 11 is 0. The molecule has 2 N–H and O–H groups in total. The molecule has 0 spiro atoms. The van der Waals surface area contributed by atoms with Gasteiger partial charge < -0.3 is 10.2 Å². The van der Waals surface area contributed by atoms with E-state index in [-0.39, 0.29) is 29.7 Å². The van der Waals surface area contributed by atoms with Crippen LogP contribution in [-0.4, -0.2) is 52.2 Å². The lowest BCUT2D eigenvalue weighted by molar-refractivity contribution is 0.475. The van der Waals surface area contributed by atoms with Crippen LogP contribution in [0.1, 0.15) is 18.9 Å². The van der Waals surface area contributed by atoms with Gasteiger partial charge in [0.25, 0.3) is 0 Å². The van der Waals surface area contributed by atoms with E-state index in [1.54, 1.807) is 14.0 Å². The van der Waals surface area contributed by atoms with E-state index in [9.17, 15) is 8.42 Å². The van der Waals surface area contributed by atoms with Crippen LogP contribution in [0.4, 0.5) is 0 Å². The predicted octanol–water partition coefficient (Wildman–Crippen LogP) is 1.64. The van der Waals surface area contributed by atoms with Gasteiger partial charge in [-0.1, -0.05) is 30.3 Å². The number of sulfonamides is 1. The number of halogens is 1. The second kappa shape index (κ2) is 11.6. The molecule has 6 nitrogen and oxygen atoms in total. The Morgan fingerprint density at radius 1 is 1.22 bits per heavy atom. The maximum atomic E-state index is 11.3. The summed E-state index contributed by atoms with van der Waals surface area (Å²) in [5.41, 5.74) is 1.21. The highest BCUT2D eigenvalue weighted by molar-refractivity contribution is 14.0. The molecule has 0 saturated heterocycles. The van der Waals surface area contributed by atoms with Crippen molar-refractivity contribution in [2.24, 2.45) is 4.99 Å². The summed E-state index contributed by atoms with van der Waals surface area (Å²) in [6.45, 7) is 3.49. The highest BCUT2D eigenvalue weighted by atomic mass is 127. The van der Waals surface area contributed by atoms with Crippen LogP contribution in [0.3, 0.4) is 0 Å². The van der Waals surface area contributed by atoms with Crippen LogP contribution in [0, 0.1) is 0 Å². The molecule has 0 fully saturated rings. The number of nitrogens with one attached hydrogen (secondary N) is 2. The number of aliphatic imine (C=N–C) groups is 1. The van der Waals surface area contributed by atoms with Crippen molar-refractivity contribution >= 4 is 40.0 Å². The third-order valence-electron chi connectivity index (χ3n) is 3.17. The molecule has 8 heteroatoms. The first kappa shape index (κ1) is 22.1. The highest BCUT2D eigenvalue weighted by Crippen LogP contribution is 2.02. The van der Waals surface area contributed by atoms with Crippen molar-refractivity contribution in [3.63, 3.8) is 0 Å². The average molecular weight is 454 g/mol. The van der Waals surface area contributed by atoms with E-state index in [2.05, 4.69) is 27.2 Å². The van der Waals surface area contributed by atoms with Gasteiger partial charge in [-0.2, -0.15) is 0 Å². The van der Waals surface area contributed by atoms with Gasteiger partial charge in [0.05, 0.1) is 5.75 Å². The molecular formula is C15H27IN4O2S. The maximum absolute atomic E-state index is 11.3. The molecule has 132 valence electrons. The van der Waals surface area contributed by atoms with Gasteiger partial charge in [0.1, 0.15) is 0 Å². The van der Waals surface area contributed by atoms with E-state index in [1.807, 2.05) is 30.1 Å². The van der Waals surface area contributed by atoms with Crippen LogP contribution < -0.4 is 10.0 Å². The quantitative estimate of drug-likeness (QED) is 0.271. The second-order valence-electron chi connectivity index (χ2n) is 4.97. The predicted molar refractivity (Wildman–Crippen MR) is 107 cm³/mol. The standard InChI is InChI=1S/C15H26N4O2S.HI/c1-4-22(20,21)18-12-8-11-17-15(16-2)19(3)13-14-9-6-5-7-10-14;/h5-7,9-10,18H,4,8,11-13H2,1-3H3,(H,16,17);1H. The zero-order valence-corrected chi connectivity index (χ0v) is 17.1. The van der Waals surface area contributed by atoms with E-state index < -0.39 is 10.0 Å². The summed E-state index contributed by atoms with van der Waals surface area (Å²) in [6.07, 6.45) is 0.706. The van der Waals surface area contributed by atoms with Gasteiger partial charge in [-0.3, -0.25) is 4.99 Å². The van der Waals surface area contributed by atoms with E-state index in [1.165, 1.54) is 5.56 Å². The topological polar surface area (TPSA) is 73.8 Å². The van der Waals surface area contributed by atoms with Crippen molar-refractivity contribution in [2.75, 3.05) is 32.9 Å². The highest BCUT2D eigenvalue weighted by Gasteiger charge is 2.07. The van der Waals surface area contributed by atoms with Crippen molar-refractivity contribution in [3.05, 3.63) is 35.9 Å². The third kappa shape index (κ3) is 9.11. The molecule has 0 saturated carbocycles. The van der Waals surface area contributed by atoms with Gasteiger partial charge >= 0.3 is 0 Å². The Bertz CT molecular complexity index is 564. The van der Waals surface area contributed by atoms with Crippen LogP contribution in [0.25, 0.3) is 0 Å². The third-order valence-corrected chi connectivity index (χ3v) is 4.58. The molecule has 1 rings (SSSR count). The fourth-order valence-corrected chi connectivity index (χ4v) is 2.59. The van der Waals surface area contributed by atoms with Crippen LogP contribution in [0.15, 0.2) is 35.3 Å². The molecule has 0 radical (unpaired) electrons. The SMILES string of the molecule is CCS(=O)(=O)NCCCNC(=NC)N(C)Cc1ccccc1.I. The molecule has 0 heterocycles. The molecule has 23 heavy (non-hydrogen) atoms. The molecule has 0 bridgehead atoms. The number of hydrogen-bond donors (Lipinski definition) is 2. The molecule has 1 aromatic rings. The fourth-order valence-electron chi connectivity index (χ4n) is 1.94. The van der Waals surface area contributed by atoms with Crippen molar-refractivity contribution in [1.82, 2.24) is 14.9 Å². The van der Waals surface area contributed by atoms with E-state index in [0.717, 1.165) is 12.5 Å². The Hall–Kier alpha value is -0.870. The van der Waals surface area contributed by atoms with Gasteiger partial charge in [-0.25, -0.2) is 13.1 Å².